The minimum absolute atomic E-state index is 0.00187. The highest BCUT2D eigenvalue weighted by Crippen LogP contribution is 2.35. The molecule has 0 saturated heterocycles. The van der Waals surface area contributed by atoms with Gasteiger partial charge >= 0.3 is 36.2 Å². The third-order valence-electron chi connectivity index (χ3n) is 12.6. The van der Waals surface area contributed by atoms with Crippen LogP contribution in [0.15, 0.2) is 197 Å². The predicted molar refractivity (Wildman–Crippen MR) is 355 cm³/mol. The van der Waals surface area contributed by atoms with Gasteiger partial charge in [0.05, 0.1) is 19.6 Å². The van der Waals surface area contributed by atoms with Crippen LogP contribution in [0.4, 0.5) is 14.4 Å². The summed E-state index contributed by atoms with van der Waals surface area (Å²) in [7, 11) is 0. The molecule has 23 heteroatoms. The van der Waals surface area contributed by atoms with Gasteiger partial charge in [-0.05, 0) is 141 Å². The molecule has 6 aromatic rings. The summed E-state index contributed by atoms with van der Waals surface area (Å²) in [6.07, 6.45) is -4.24. The highest BCUT2D eigenvalue weighted by atomic mass is 35.5. The highest BCUT2D eigenvalue weighted by Gasteiger charge is 2.23. The number of carbonyl (C=O) groups is 6. The Balaban J connectivity index is 1.20. The van der Waals surface area contributed by atoms with Crippen LogP contribution in [-0.2, 0) is 42.8 Å². The Hall–Kier alpha value is -8.21. The number of rotatable bonds is 36. The fourth-order valence-electron chi connectivity index (χ4n) is 7.87. The standard InChI is InChI=1S/C68H73Cl2N3O15S3/c1-44(2)63(74)80-35-32-71-66(77)86-56(41-89-59-26-8-47(7)9-27-59)38-83-53-20-10-48(11-21-53)62(49-12-22-54(23-13-49)84-39-57(42-90-60-28-16-51(69)17-29-60)87-67(78)72-33-36-81-64(75)45(3)4)50-14-24-55(25-15-50)85-40-58(43-91-61-30-18-52(70)19-31-61)88-68(79)73-34-37-82-65(76)46(5)6/h8-31,56-58,62H,1,3,5,32-43H2,2,4,6-7H3,(H,71,77)(H,72,78)(H,73,79). The summed E-state index contributed by atoms with van der Waals surface area (Å²) in [4.78, 5) is 77.3. The number of halogens is 2. The number of hydrogen-bond acceptors (Lipinski definition) is 18. The van der Waals surface area contributed by atoms with E-state index >= 15 is 0 Å². The second-order valence-corrected chi connectivity index (χ2v) is 24.5. The first-order chi connectivity index (χ1) is 43.8. The van der Waals surface area contributed by atoms with E-state index in [4.69, 9.17) is 65.8 Å². The van der Waals surface area contributed by atoms with Gasteiger partial charge in [0.15, 0.2) is 0 Å². The average Bonchev–Trinajstić information content (AvgIpc) is 1.82. The zero-order valence-corrected chi connectivity index (χ0v) is 54.8. The molecule has 0 heterocycles. The number of aryl methyl sites for hydroxylation is 1. The molecule has 0 radical (unpaired) electrons. The molecule has 0 aliphatic carbocycles. The number of carbonyl (C=O) groups excluding carboxylic acids is 6. The summed E-state index contributed by atoms with van der Waals surface area (Å²) in [6, 6.07) is 45.3. The van der Waals surface area contributed by atoms with Gasteiger partial charge in [-0.25, -0.2) is 28.8 Å². The Bertz CT molecular complexity index is 3010. The zero-order chi connectivity index (χ0) is 65.5. The average molecular weight is 1340 g/mol. The molecular formula is C68H73Cl2N3O15S3. The van der Waals surface area contributed by atoms with Gasteiger partial charge in [0, 0.05) is 64.6 Å². The van der Waals surface area contributed by atoms with E-state index < -0.39 is 54.5 Å². The summed E-state index contributed by atoms with van der Waals surface area (Å²) in [5.41, 5.74) is 4.52. The third kappa shape index (κ3) is 27.0. The van der Waals surface area contributed by atoms with Gasteiger partial charge in [-0.2, -0.15) is 0 Å². The predicted octanol–water partition coefficient (Wildman–Crippen LogP) is 13.6. The Kier molecular flexibility index (Phi) is 30.4. The van der Waals surface area contributed by atoms with Crippen LogP contribution >= 0.6 is 58.5 Å². The lowest BCUT2D eigenvalue weighted by atomic mass is 9.85. The van der Waals surface area contributed by atoms with E-state index in [1.54, 1.807) is 24.3 Å². The van der Waals surface area contributed by atoms with Crippen LogP contribution in [0.5, 0.6) is 17.2 Å². The second-order valence-electron chi connectivity index (χ2n) is 20.3. The molecule has 18 nitrogen and oxygen atoms in total. The summed E-state index contributed by atoms with van der Waals surface area (Å²) >= 11 is 16.7. The van der Waals surface area contributed by atoms with Gasteiger partial charge in [-0.15, -0.1) is 35.3 Å². The molecular weight excluding hydrogens is 1270 g/mol. The number of ether oxygens (including phenoxy) is 9. The second kappa shape index (κ2) is 38.5. The normalized spacial score (nSPS) is 12.1. The van der Waals surface area contributed by atoms with Crippen molar-refractivity contribution in [3.63, 3.8) is 0 Å². The molecule has 3 amide bonds. The van der Waals surface area contributed by atoms with Crippen molar-refractivity contribution < 1.29 is 71.4 Å². The zero-order valence-electron chi connectivity index (χ0n) is 50.9. The van der Waals surface area contributed by atoms with Crippen molar-refractivity contribution >= 4 is 94.7 Å². The van der Waals surface area contributed by atoms with Crippen molar-refractivity contribution in [1.82, 2.24) is 16.0 Å². The number of hydrogen-bond donors (Lipinski definition) is 3. The number of alkyl carbamates (subject to hydrolysis) is 3. The van der Waals surface area contributed by atoms with Crippen LogP contribution in [0.1, 0.15) is 48.9 Å². The summed E-state index contributed by atoms with van der Waals surface area (Å²) in [5.74, 6) is 0.553. The Morgan fingerprint density at radius 2 is 0.670 bits per heavy atom. The molecule has 0 aliphatic heterocycles. The number of esters is 3. The van der Waals surface area contributed by atoms with E-state index in [1.807, 2.05) is 128 Å². The molecule has 3 N–H and O–H groups in total. The number of thioether (sulfide) groups is 3. The van der Waals surface area contributed by atoms with E-state index in [9.17, 15) is 28.8 Å². The third-order valence-corrected chi connectivity index (χ3v) is 16.5. The maximum atomic E-state index is 13.0. The molecule has 0 bridgehead atoms. The Morgan fingerprint density at radius 1 is 0.407 bits per heavy atom. The quantitative estimate of drug-likeness (QED) is 0.00831. The van der Waals surface area contributed by atoms with Crippen molar-refractivity contribution in [1.29, 1.82) is 0 Å². The monoisotopic (exact) mass is 1340 g/mol. The molecule has 482 valence electrons. The van der Waals surface area contributed by atoms with E-state index in [0.717, 1.165) is 36.9 Å². The van der Waals surface area contributed by atoms with Crippen LogP contribution in [0, 0.1) is 6.92 Å². The van der Waals surface area contributed by atoms with Crippen molar-refractivity contribution in [3.05, 3.63) is 214 Å². The van der Waals surface area contributed by atoms with Crippen LogP contribution in [0.3, 0.4) is 0 Å². The van der Waals surface area contributed by atoms with Crippen LogP contribution in [-0.4, -0.2) is 131 Å². The lowest BCUT2D eigenvalue weighted by molar-refractivity contribution is -0.139. The lowest BCUT2D eigenvalue weighted by Crippen LogP contribution is -2.35. The van der Waals surface area contributed by atoms with Crippen molar-refractivity contribution in [2.75, 3.05) is 76.5 Å². The first kappa shape index (κ1) is 71.9. The molecule has 0 saturated carbocycles. The maximum absolute atomic E-state index is 13.0. The van der Waals surface area contributed by atoms with Crippen LogP contribution in [0.25, 0.3) is 0 Å². The summed E-state index contributed by atoms with van der Waals surface area (Å²) in [5, 5.41) is 9.04. The minimum atomic E-state index is -0.714. The van der Waals surface area contributed by atoms with E-state index in [1.165, 1.54) is 56.1 Å². The largest absolute Gasteiger partial charge is 0.490 e. The van der Waals surface area contributed by atoms with Gasteiger partial charge in [-0.1, -0.05) is 97.0 Å². The molecule has 6 rings (SSSR count). The maximum Gasteiger partial charge on any atom is 0.407 e. The Morgan fingerprint density at radius 3 is 0.934 bits per heavy atom. The first-order valence-corrected chi connectivity index (χ1v) is 32.4. The van der Waals surface area contributed by atoms with Crippen molar-refractivity contribution in [2.45, 2.75) is 66.6 Å². The van der Waals surface area contributed by atoms with E-state index in [0.29, 0.717) is 44.6 Å². The Labute approximate surface area is 553 Å². The van der Waals surface area contributed by atoms with Gasteiger partial charge in [-0.3, -0.25) is 0 Å². The number of benzene rings is 6. The summed E-state index contributed by atoms with van der Waals surface area (Å²) in [6.45, 7) is 17.2. The molecule has 3 unspecified atom stereocenters. The minimum Gasteiger partial charge on any atom is -0.490 e. The van der Waals surface area contributed by atoms with Crippen LogP contribution in [0.2, 0.25) is 10.0 Å². The molecule has 0 spiro atoms. The number of nitrogens with one attached hydrogen (secondary N) is 3. The molecule has 0 fully saturated rings. The van der Waals surface area contributed by atoms with Crippen molar-refractivity contribution in [2.24, 2.45) is 0 Å². The molecule has 0 aliphatic rings. The molecule has 0 aromatic heterocycles. The molecule has 91 heavy (non-hydrogen) atoms. The fraction of sp³-hybridized carbons (Fsp3) is 0.294. The smallest absolute Gasteiger partial charge is 0.407 e. The lowest BCUT2D eigenvalue weighted by Gasteiger charge is -2.22. The molecule has 3 atom stereocenters. The van der Waals surface area contributed by atoms with Gasteiger partial charge < -0.3 is 58.6 Å². The van der Waals surface area contributed by atoms with Gasteiger partial charge in [0.1, 0.15) is 75.2 Å². The summed E-state index contributed by atoms with van der Waals surface area (Å²) < 4.78 is 51.6. The fourth-order valence-corrected chi connectivity index (χ4v) is 10.7. The molecule has 6 aromatic carbocycles. The van der Waals surface area contributed by atoms with E-state index in [2.05, 4.69) is 35.7 Å². The van der Waals surface area contributed by atoms with E-state index in [-0.39, 0.29) is 81.9 Å². The highest BCUT2D eigenvalue weighted by molar-refractivity contribution is 7.99. The SMILES string of the molecule is C=C(C)C(=O)OCCNC(=O)OC(COc1ccc(C(c2ccc(OCC(CSc3ccc(Cl)cc3)OC(=O)NCCOC(=O)C(=C)C)cc2)c2ccc(OCC(CSc3ccc(Cl)cc3)OC(=O)NCCOC(=O)C(=C)C)cc2)cc1)CSc1ccc(C)cc1. The van der Waals surface area contributed by atoms with Crippen LogP contribution < -0.4 is 30.2 Å². The number of amides is 3. The first-order valence-electron chi connectivity index (χ1n) is 28.7. The van der Waals surface area contributed by atoms with Gasteiger partial charge in [0.2, 0.25) is 0 Å². The van der Waals surface area contributed by atoms with Crippen molar-refractivity contribution in [3.8, 4) is 17.2 Å². The topological polar surface area (TPSA) is 222 Å². The van der Waals surface area contributed by atoms with Gasteiger partial charge in [0.25, 0.3) is 0 Å².